The van der Waals surface area contributed by atoms with Crippen molar-refractivity contribution in [3.05, 3.63) is 53.3 Å². The molecule has 0 fully saturated rings. The third-order valence-electron chi connectivity index (χ3n) is 2.70. The van der Waals surface area contributed by atoms with Crippen LogP contribution in [0.2, 0.25) is 0 Å². The van der Waals surface area contributed by atoms with Gasteiger partial charge in [-0.05, 0) is 36.5 Å². The molecule has 0 aliphatic carbocycles. The van der Waals surface area contributed by atoms with Gasteiger partial charge in [-0.25, -0.2) is 4.39 Å². The number of nitrogens with zero attached hydrogens (tertiary/aromatic N) is 1. The summed E-state index contributed by atoms with van der Waals surface area (Å²) in [4.78, 5) is 3.94. The van der Waals surface area contributed by atoms with E-state index in [-0.39, 0.29) is 20.1 Å². The van der Waals surface area contributed by atoms with E-state index in [1.165, 1.54) is 12.1 Å². The average molecular weight is 275 g/mol. The molecule has 19 heavy (non-hydrogen) atoms. The second kappa shape index (κ2) is 5.94. The van der Waals surface area contributed by atoms with Gasteiger partial charge in [0.2, 0.25) is 0 Å². The first kappa shape index (κ1) is 13.7. The fourth-order valence-electron chi connectivity index (χ4n) is 1.79. The van der Waals surface area contributed by atoms with Crippen LogP contribution in [0.4, 0.5) is 4.39 Å². The van der Waals surface area contributed by atoms with Crippen molar-refractivity contribution in [2.75, 3.05) is 7.05 Å². The maximum absolute atomic E-state index is 13.2. The van der Waals surface area contributed by atoms with Gasteiger partial charge in [-0.2, -0.15) is 0 Å². The van der Waals surface area contributed by atoms with Crippen LogP contribution in [0.5, 0.6) is 5.75 Å². The van der Waals surface area contributed by atoms with E-state index in [4.69, 9.17) is 0 Å². The Morgan fingerprint density at radius 1 is 1.16 bits per heavy atom. The molecule has 2 nitrogen and oxygen atoms in total. The van der Waals surface area contributed by atoms with Crippen LogP contribution in [0, 0.1) is 12.7 Å². The molecule has 0 aliphatic heterocycles. The minimum Gasteiger partial charge on any atom is -0.507 e. The van der Waals surface area contributed by atoms with E-state index in [1.807, 2.05) is 19.1 Å². The normalized spacial score (nSPS) is 11.7. The molecule has 1 N–H and O–H groups in total. The largest absolute Gasteiger partial charge is 0.507 e. The Morgan fingerprint density at radius 3 is 2.68 bits per heavy atom. The third-order valence-corrected chi connectivity index (χ3v) is 4.10. The monoisotopic (exact) mass is 275 g/mol. The lowest BCUT2D eigenvalue weighted by atomic mass is 10.2. The molecule has 0 bridgehead atoms. The van der Waals surface area contributed by atoms with Gasteiger partial charge in [-0.15, -0.1) is 0 Å². The Hall–Kier alpha value is -1.73. The van der Waals surface area contributed by atoms with Gasteiger partial charge in [0.15, 0.2) is 0 Å². The van der Waals surface area contributed by atoms with E-state index in [9.17, 15) is 9.50 Å². The highest BCUT2D eigenvalue weighted by Gasteiger charge is 2.07. The molecule has 0 heterocycles. The number of aliphatic imine (C=N–C) groups is 1. The standard InChI is InChI=1S/C15H15FNOP/c1-10-3-5-13(18)15(7-10)19-14-6-4-12(16)8-11(14)9-17-2/h3-9,18-19H,1-2H3. The van der Waals surface area contributed by atoms with Crippen LogP contribution in [0.15, 0.2) is 41.4 Å². The van der Waals surface area contributed by atoms with Gasteiger partial charge >= 0.3 is 0 Å². The maximum Gasteiger partial charge on any atom is 0.123 e. The minimum atomic E-state index is -0.281. The zero-order valence-corrected chi connectivity index (χ0v) is 11.8. The van der Waals surface area contributed by atoms with Crippen molar-refractivity contribution < 1.29 is 9.50 Å². The first-order valence-corrected chi connectivity index (χ1v) is 6.88. The molecular formula is C15H15FNOP. The van der Waals surface area contributed by atoms with Crippen molar-refractivity contribution in [2.24, 2.45) is 4.99 Å². The molecule has 0 saturated carbocycles. The molecule has 0 spiro atoms. The van der Waals surface area contributed by atoms with Crippen LogP contribution in [-0.2, 0) is 0 Å². The number of benzene rings is 2. The average Bonchev–Trinajstić information content (AvgIpc) is 2.37. The lowest BCUT2D eigenvalue weighted by Crippen LogP contribution is -2.10. The maximum atomic E-state index is 13.2. The van der Waals surface area contributed by atoms with E-state index in [2.05, 4.69) is 4.99 Å². The summed E-state index contributed by atoms with van der Waals surface area (Å²) < 4.78 is 13.2. The zero-order valence-electron chi connectivity index (χ0n) is 10.8. The van der Waals surface area contributed by atoms with Gasteiger partial charge in [0.25, 0.3) is 0 Å². The summed E-state index contributed by atoms with van der Waals surface area (Å²) in [6.07, 6.45) is 1.64. The number of phenolic OH excluding ortho intramolecular Hbond substituents is 1. The second-order valence-corrected chi connectivity index (χ2v) is 5.59. The predicted octanol–water partition coefficient (Wildman–Crippen LogP) is 2.52. The first-order valence-electron chi connectivity index (χ1n) is 5.88. The van der Waals surface area contributed by atoms with Gasteiger partial charge in [0.1, 0.15) is 11.6 Å². The van der Waals surface area contributed by atoms with Gasteiger partial charge < -0.3 is 5.11 Å². The van der Waals surface area contributed by atoms with Crippen LogP contribution in [0.25, 0.3) is 0 Å². The van der Waals surface area contributed by atoms with Crippen molar-refractivity contribution in [2.45, 2.75) is 6.92 Å². The van der Waals surface area contributed by atoms with Crippen LogP contribution < -0.4 is 10.6 Å². The number of hydrogen-bond donors (Lipinski definition) is 1. The number of aromatic hydroxyl groups is 1. The Morgan fingerprint density at radius 2 is 1.95 bits per heavy atom. The molecule has 0 saturated heterocycles. The summed E-state index contributed by atoms with van der Waals surface area (Å²) in [6, 6.07) is 10.1. The molecular weight excluding hydrogens is 260 g/mol. The lowest BCUT2D eigenvalue weighted by Gasteiger charge is -2.09. The van der Waals surface area contributed by atoms with Gasteiger partial charge in [-0.3, -0.25) is 4.99 Å². The fraction of sp³-hybridized carbons (Fsp3) is 0.133. The van der Waals surface area contributed by atoms with Crippen LogP contribution in [-0.4, -0.2) is 18.4 Å². The Kier molecular flexibility index (Phi) is 4.28. The first-order chi connectivity index (χ1) is 9.10. The van der Waals surface area contributed by atoms with Crippen molar-refractivity contribution in [1.82, 2.24) is 0 Å². The number of rotatable bonds is 3. The summed E-state index contributed by atoms with van der Waals surface area (Å²) >= 11 is 0. The molecule has 2 aromatic carbocycles. The Balaban J connectivity index is 2.40. The van der Waals surface area contributed by atoms with E-state index in [1.54, 1.807) is 25.4 Å². The van der Waals surface area contributed by atoms with Crippen molar-refractivity contribution in [3.63, 3.8) is 0 Å². The summed E-state index contributed by atoms with van der Waals surface area (Å²) in [5, 5.41) is 11.7. The SMILES string of the molecule is CN=Cc1cc(F)ccc1Pc1cc(C)ccc1O. The van der Waals surface area contributed by atoms with Crippen LogP contribution in [0.3, 0.4) is 0 Å². The smallest absolute Gasteiger partial charge is 0.123 e. The predicted molar refractivity (Wildman–Crippen MR) is 80.3 cm³/mol. The molecule has 0 aliphatic rings. The minimum absolute atomic E-state index is 0.269. The molecule has 0 radical (unpaired) electrons. The number of halogens is 1. The summed E-state index contributed by atoms with van der Waals surface area (Å²) in [5.74, 6) is -0.00967. The van der Waals surface area contributed by atoms with Crippen LogP contribution in [0.1, 0.15) is 11.1 Å². The molecule has 1 unspecified atom stereocenters. The quantitative estimate of drug-likeness (QED) is 0.677. The number of phenols is 1. The molecule has 98 valence electrons. The van der Waals surface area contributed by atoms with E-state index in [0.29, 0.717) is 0 Å². The fourth-order valence-corrected chi connectivity index (χ4v) is 3.04. The summed E-state index contributed by atoms with van der Waals surface area (Å²) in [6.45, 7) is 1.98. The highest BCUT2D eigenvalue weighted by atomic mass is 31.1. The van der Waals surface area contributed by atoms with Gasteiger partial charge in [0, 0.05) is 24.1 Å². The van der Waals surface area contributed by atoms with E-state index >= 15 is 0 Å². The third kappa shape index (κ3) is 3.39. The van der Waals surface area contributed by atoms with E-state index < -0.39 is 0 Å². The van der Waals surface area contributed by atoms with Gasteiger partial charge in [0.05, 0.1) is 0 Å². The zero-order chi connectivity index (χ0) is 13.8. The Labute approximate surface area is 113 Å². The summed E-state index contributed by atoms with van der Waals surface area (Å²) in [7, 11) is 1.92. The van der Waals surface area contributed by atoms with Crippen LogP contribution >= 0.6 is 8.58 Å². The van der Waals surface area contributed by atoms with Crippen molar-refractivity contribution in [3.8, 4) is 5.75 Å². The molecule has 1 atom stereocenters. The molecule has 2 aromatic rings. The van der Waals surface area contributed by atoms with E-state index in [0.717, 1.165) is 21.7 Å². The number of hydrogen-bond acceptors (Lipinski definition) is 2. The van der Waals surface area contributed by atoms with Gasteiger partial charge in [-0.1, -0.05) is 26.3 Å². The highest BCUT2D eigenvalue weighted by molar-refractivity contribution is 7.56. The van der Waals surface area contributed by atoms with Crippen molar-refractivity contribution >= 4 is 25.4 Å². The Bertz CT molecular complexity index is 626. The number of aryl methyl sites for hydroxylation is 1. The molecule has 0 amide bonds. The second-order valence-electron chi connectivity index (χ2n) is 4.26. The van der Waals surface area contributed by atoms with Crippen molar-refractivity contribution in [1.29, 1.82) is 0 Å². The molecule has 2 rings (SSSR count). The summed E-state index contributed by atoms with van der Waals surface area (Å²) in [5.41, 5.74) is 1.84. The molecule has 0 aromatic heterocycles. The highest BCUT2D eigenvalue weighted by Crippen LogP contribution is 2.21. The molecule has 4 heteroatoms. The topological polar surface area (TPSA) is 32.6 Å². The lowest BCUT2D eigenvalue weighted by molar-refractivity contribution is 0.479.